The summed E-state index contributed by atoms with van der Waals surface area (Å²) >= 11 is 0. The number of likely N-dealkylation sites (tertiary alicyclic amines) is 1. The van der Waals surface area contributed by atoms with Crippen LogP contribution in [0, 0.1) is 11.8 Å². The van der Waals surface area contributed by atoms with E-state index in [0.717, 1.165) is 17.9 Å². The number of hydrogen-bond acceptors (Lipinski definition) is 2. The third-order valence-electron chi connectivity index (χ3n) is 3.68. The Morgan fingerprint density at radius 2 is 2.15 bits per heavy atom. The third-order valence-corrected chi connectivity index (χ3v) is 3.68. The highest BCUT2D eigenvalue weighted by molar-refractivity contribution is 4.89. The lowest BCUT2D eigenvalue weighted by Gasteiger charge is -2.39. The summed E-state index contributed by atoms with van der Waals surface area (Å²) < 4.78 is 0. The van der Waals surface area contributed by atoms with Crippen LogP contribution < -0.4 is 5.32 Å². The van der Waals surface area contributed by atoms with E-state index in [1.807, 2.05) is 0 Å². The summed E-state index contributed by atoms with van der Waals surface area (Å²) in [6.45, 7) is 6.28. The Hall–Kier alpha value is -0.0800. The number of rotatable bonds is 3. The number of nitrogens with one attached hydrogen (secondary N) is 1. The van der Waals surface area contributed by atoms with Gasteiger partial charge in [0, 0.05) is 12.6 Å². The summed E-state index contributed by atoms with van der Waals surface area (Å²) in [5.41, 5.74) is 0. The molecule has 1 N–H and O–H groups in total. The van der Waals surface area contributed by atoms with E-state index in [4.69, 9.17) is 0 Å². The van der Waals surface area contributed by atoms with Gasteiger partial charge in [-0.15, -0.1) is 0 Å². The molecule has 2 nitrogen and oxygen atoms in total. The second-order valence-corrected chi connectivity index (χ2v) is 4.94. The van der Waals surface area contributed by atoms with Gasteiger partial charge in [-0.1, -0.05) is 6.92 Å². The predicted molar refractivity (Wildman–Crippen MR) is 55.8 cm³/mol. The molecule has 1 aliphatic heterocycles. The van der Waals surface area contributed by atoms with Gasteiger partial charge in [0.25, 0.3) is 0 Å². The fourth-order valence-electron chi connectivity index (χ4n) is 2.81. The molecule has 1 aliphatic carbocycles. The molecule has 0 radical (unpaired) electrons. The van der Waals surface area contributed by atoms with Crippen molar-refractivity contribution in [3.8, 4) is 0 Å². The predicted octanol–water partition coefficient (Wildman–Crippen LogP) is 1.33. The molecule has 1 atom stereocenters. The van der Waals surface area contributed by atoms with Gasteiger partial charge in [0.1, 0.15) is 0 Å². The molecule has 0 aromatic rings. The van der Waals surface area contributed by atoms with Gasteiger partial charge in [0.05, 0.1) is 0 Å². The van der Waals surface area contributed by atoms with Gasteiger partial charge in [-0.05, 0) is 51.2 Å². The highest BCUT2D eigenvalue weighted by atomic mass is 15.2. The molecule has 13 heavy (non-hydrogen) atoms. The SMILES string of the molecule is CNCC1CCN(C2CC(C)C2)C1. The zero-order valence-corrected chi connectivity index (χ0v) is 8.92. The van der Waals surface area contributed by atoms with Crippen molar-refractivity contribution in [3.63, 3.8) is 0 Å². The lowest BCUT2D eigenvalue weighted by molar-refractivity contribution is 0.106. The van der Waals surface area contributed by atoms with E-state index in [-0.39, 0.29) is 0 Å². The smallest absolute Gasteiger partial charge is 0.0100 e. The monoisotopic (exact) mass is 182 g/mol. The van der Waals surface area contributed by atoms with Crippen LogP contribution in [-0.4, -0.2) is 37.6 Å². The molecule has 0 spiro atoms. The van der Waals surface area contributed by atoms with E-state index in [9.17, 15) is 0 Å². The molecular weight excluding hydrogens is 160 g/mol. The lowest BCUT2D eigenvalue weighted by Crippen LogP contribution is -2.42. The van der Waals surface area contributed by atoms with E-state index in [2.05, 4.69) is 24.2 Å². The molecule has 76 valence electrons. The molecule has 0 aromatic heterocycles. The molecular formula is C11H22N2. The van der Waals surface area contributed by atoms with Crippen LogP contribution in [0.25, 0.3) is 0 Å². The molecule has 1 unspecified atom stereocenters. The molecule has 0 amide bonds. The summed E-state index contributed by atoms with van der Waals surface area (Å²) in [5.74, 6) is 1.91. The summed E-state index contributed by atoms with van der Waals surface area (Å²) in [6.07, 6.45) is 4.31. The average molecular weight is 182 g/mol. The summed E-state index contributed by atoms with van der Waals surface area (Å²) in [7, 11) is 2.06. The van der Waals surface area contributed by atoms with Crippen molar-refractivity contribution in [2.45, 2.75) is 32.2 Å². The van der Waals surface area contributed by atoms with Crippen LogP contribution in [-0.2, 0) is 0 Å². The van der Waals surface area contributed by atoms with Crippen LogP contribution in [0.5, 0.6) is 0 Å². The standard InChI is InChI=1S/C11H22N2/c1-9-5-11(6-9)13-4-3-10(8-13)7-12-2/h9-12H,3-8H2,1-2H3. The first-order valence-electron chi connectivity index (χ1n) is 5.68. The third kappa shape index (κ3) is 2.05. The maximum atomic E-state index is 3.29. The molecule has 1 heterocycles. The molecule has 1 saturated carbocycles. The Bertz CT molecular complexity index is 163. The summed E-state index contributed by atoms with van der Waals surface area (Å²) in [6, 6.07) is 0.942. The Kier molecular flexibility index (Phi) is 2.89. The van der Waals surface area contributed by atoms with Gasteiger partial charge in [-0.25, -0.2) is 0 Å². The Labute approximate surface area is 81.7 Å². The van der Waals surface area contributed by atoms with Crippen molar-refractivity contribution < 1.29 is 0 Å². The summed E-state index contributed by atoms with van der Waals surface area (Å²) in [5, 5.41) is 3.29. The maximum Gasteiger partial charge on any atom is 0.0100 e. The zero-order valence-electron chi connectivity index (χ0n) is 8.92. The normalized spacial score (nSPS) is 40.6. The van der Waals surface area contributed by atoms with Crippen molar-refractivity contribution in [2.24, 2.45) is 11.8 Å². The minimum Gasteiger partial charge on any atom is -0.319 e. The van der Waals surface area contributed by atoms with Crippen molar-refractivity contribution in [1.29, 1.82) is 0 Å². The van der Waals surface area contributed by atoms with Crippen molar-refractivity contribution in [3.05, 3.63) is 0 Å². The van der Waals surface area contributed by atoms with Gasteiger partial charge >= 0.3 is 0 Å². The second kappa shape index (κ2) is 3.97. The largest absolute Gasteiger partial charge is 0.319 e. The van der Waals surface area contributed by atoms with Crippen LogP contribution in [0.15, 0.2) is 0 Å². The quantitative estimate of drug-likeness (QED) is 0.708. The summed E-state index contributed by atoms with van der Waals surface area (Å²) in [4.78, 5) is 2.71. The van der Waals surface area contributed by atoms with E-state index in [1.165, 1.54) is 38.9 Å². The number of nitrogens with zero attached hydrogens (tertiary/aromatic N) is 1. The first-order valence-corrected chi connectivity index (χ1v) is 5.68. The Morgan fingerprint density at radius 1 is 1.38 bits per heavy atom. The van der Waals surface area contributed by atoms with Crippen molar-refractivity contribution in [1.82, 2.24) is 10.2 Å². The first-order chi connectivity index (χ1) is 6.29. The Balaban J connectivity index is 1.72. The molecule has 0 bridgehead atoms. The van der Waals surface area contributed by atoms with Gasteiger partial charge in [0.15, 0.2) is 0 Å². The molecule has 2 aliphatic rings. The van der Waals surface area contributed by atoms with Gasteiger partial charge in [-0.2, -0.15) is 0 Å². The fraction of sp³-hybridized carbons (Fsp3) is 1.00. The fourth-order valence-corrected chi connectivity index (χ4v) is 2.81. The van der Waals surface area contributed by atoms with Crippen molar-refractivity contribution in [2.75, 3.05) is 26.7 Å². The van der Waals surface area contributed by atoms with E-state index < -0.39 is 0 Å². The average Bonchev–Trinajstić information content (AvgIpc) is 2.48. The second-order valence-electron chi connectivity index (χ2n) is 4.94. The zero-order chi connectivity index (χ0) is 9.26. The van der Waals surface area contributed by atoms with Crippen LogP contribution in [0.4, 0.5) is 0 Å². The van der Waals surface area contributed by atoms with Gasteiger partial charge in [0.2, 0.25) is 0 Å². The van der Waals surface area contributed by atoms with E-state index in [0.29, 0.717) is 0 Å². The van der Waals surface area contributed by atoms with Crippen LogP contribution in [0.3, 0.4) is 0 Å². The van der Waals surface area contributed by atoms with Crippen LogP contribution >= 0.6 is 0 Å². The van der Waals surface area contributed by atoms with E-state index >= 15 is 0 Å². The highest BCUT2D eigenvalue weighted by Gasteiger charge is 2.34. The Morgan fingerprint density at radius 3 is 2.77 bits per heavy atom. The van der Waals surface area contributed by atoms with E-state index in [1.54, 1.807) is 0 Å². The minimum atomic E-state index is 0.918. The minimum absolute atomic E-state index is 0.918. The highest BCUT2D eigenvalue weighted by Crippen LogP contribution is 2.33. The molecule has 1 saturated heterocycles. The molecule has 2 rings (SSSR count). The molecule has 0 aromatic carbocycles. The maximum absolute atomic E-state index is 3.29. The van der Waals surface area contributed by atoms with Gasteiger partial charge in [-0.3, -0.25) is 0 Å². The topological polar surface area (TPSA) is 15.3 Å². The molecule has 2 fully saturated rings. The lowest BCUT2D eigenvalue weighted by atomic mass is 9.81. The number of hydrogen-bond donors (Lipinski definition) is 1. The first kappa shape index (κ1) is 9.47. The molecule has 2 heteroatoms. The van der Waals surface area contributed by atoms with Gasteiger partial charge < -0.3 is 10.2 Å². The van der Waals surface area contributed by atoms with Crippen molar-refractivity contribution >= 4 is 0 Å². The van der Waals surface area contributed by atoms with Crippen LogP contribution in [0.2, 0.25) is 0 Å². The van der Waals surface area contributed by atoms with Crippen LogP contribution in [0.1, 0.15) is 26.2 Å².